The number of nitrogen functional groups attached to an aromatic ring is 1. The first-order valence-electron chi connectivity index (χ1n) is 5.50. The lowest BCUT2D eigenvalue weighted by atomic mass is 10.1. The highest BCUT2D eigenvalue weighted by Crippen LogP contribution is 2.20. The van der Waals surface area contributed by atoms with Gasteiger partial charge in [0, 0.05) is 16.3 Å². The van der Waals surface area contributed by atoms with Crippen molar-refractivity contribution < 1.29 is 4.79 Å². The molecular formula is C14H14N2OS. The number of hydrogen-bond donors (Lipinski definition) is 2. The maximum absolute atomic E-state index is 12.0. The van der Waals surface area contributed by atoms with Gasteiger partial charge in [-0.2, -0.15) is 0 Å². The van der Waals surface area contributed by atoms with Gasteiger partial charge in [-0.3, -0.25) is 4.79 Å². The molecule has 0 heterocycles. The number of nitrogens with one attached hydrogen (secondary N) is 1. The van der Waals surface area contributed by atoms with Crippen LogP contribution >= 0.6 is 11.8 Å². The van der Waals surface area contributed by atoms with Gasteiger partial charge in [-0.15, -0.1) is 11.8 Å². The number of benzene rings is 2. The second-order valence-corrected chi connectivity index (χ2v) is 4.65. The van der Waals surface area contributed by atoms with Crippen molar-refractivity contribution in [2.75, 3.05) is 17.3 Å². The van der Waals surface area contributed by atoms with Crippen molar-refractivity contribution in [3.63, 3.8) is 0 Å². The van der Waals surface area contributed by atoms with Gasteiger partial charge >= 0.3 is 0 Å². The second kappa shape index (κ2) is 5.60. The Morgan fingerprint density at radius 3 is 2.67 bits per heavy atom. The minimum atomic E-state index is -0.189. The molecule has 0 fully saturated rings. The van der Waals surface area contributed by atoms with Gasteiger partial charge in [0.05, 0.1) is 5.56 Å². The predicted octanol–water partition coefficient (Wildman–Crippen LogP) is 3.24. The fourth-order valence-electron chi connectivity index (χ4n) is 1.60. The Labute approximate surface area is 110 Å². The standard InChI is InChI=1S/C14H14N2OS/c1-18-11-6-4-5-10(9-11)16-14(17)12-7-2-3-8-13(12)15/h2-9H,15H2,1H3,(H,16,17). The quantitative estimate of drug-likeness (QED) is 0.656. The fourth-order valence-corrected chi connectivity index (χ4v) is 2.06. The highest BCUT2D eigenvalue weighted by atomic mass is 32.2. The van der Waals surface area contributed by atoms with Crippen LogP contribution in [0.2, 0.25) is 0 Å². The van der Waals surface area contributed by atoms with E-state index < -0.39 is 0 Å². The molecule has 0 spiro atoms. The number of anilines is 2. The van der Waals surface area contributed by atoms with E-state index in [2.05, 4.69) is 5.32 Å². The summed E-state index contributed by atoms with van der Waals surface area (Å²) in [5.74, 6) is -0.189. The third kappa shape index (κ3) is 2.84. The minimum absolute atomic E-state index is 0.189. The molecule has 2 rings (SSSR count). The van der Waals surface area contributed by atoms with Gasteiger partial charge in [0.15, 0.2) is 0 Å². The number of nitrogens with two attached hydrogens (primary N) is 1. The molecule has 92 valence electrons. The summed E-state index contributed by atoms with van der Waals surface area (Å²) >= 11 is 1.63. The number of carbonyl (C=O) groups excluding carboxylic acids is 1. The molecule has 2 aromatic rings. The Morgan fingerprint density at radius 1 is 1.17 bits per heavy atom. The van der Waals surface area contributed by atoms with E-state index in [0.29, 0.717) is 11.3 Å². The molecule has 0 radical (unpaired) electrons. The van der Waals surface area contributed by atoms with Crippen LogP contribution in [-0.2, 0) is 0 Å². The van der Waals surface area contributed by atoms with E-state index in [1.165, 1.54) is 0 Å². The molecule has 0 aliphatic heterocycles. The molecule has 0 saturated heterocycles. The van der Waals surface area contributed by atoms with E-state index in [-0.39, 0.29) is 5.91 Å². The van der Waals surface area contributed by atoms with Gasteiger partial charge in [0.25, 0.3) is 5.91 Å². The zero-order valence-electron chi connectivity index (χ0n) is 10.0. The van der Waals surface area contributed by atoms with Crippen molar-refractivity contribution in [1.82, 2.24) is 0 Å². The average molecular weight is 258 g/mol. The predicted molar refractivity (Wildman–Crippen MR) is 77.0 cm³/mol. The molecule has 0 unspecified atom stereocenters. The van der Waals surface area contributed by atoms with Gasteiger partial charge in [0.2, 0.25) is 0 Å². The molecule has 0 bridgehead atoms. The van der Waals surface area contributed by atoms with Crippen molar-refractivity contribution >= 4 is 29.0 Å². The summed E-state index contributed by atoms with van der Waals surface area (Å²) in [5.41, 5.74) is 7.51. The van der Waals surface area contributed by atoms with Crippen LogP contribution in [0.15, 0.2) is 53.4 Å². The highest BCUT2D eigenvalue weighted by molar-refractivity contribution is 7.98. The van der Waals surface area contributed by atoms with Gasteiger partial charge in [-0.1, -0.05) is 18.2 Å². The van der Waals surface area contributed by atoms with E-state index >= 15 is 0 Å². The largest absolute Gasteiger partial charge is 0.398 e. The molecule has 1 amide bonds. The fraction of sp³-hybridized carbons (Fsp3) is 0.0714. The Hall–Kier alpha value is -1.94. The van der Waals surface area contributed by atoms with E-state index in [4.69, 9.17) is 5.73 Å². The lowest BCUT2D eigenvalue weighted by Gasteiger charge is -2.08. The maximum Gasteiger partial charge on any atom is 0.257 e. The summed E-state index contributed by atoms with van der Waals surface area (Å²) < 4.78 is 0. The topological polar surface area (TPSA) is 55.1 Å². The monoisotopic (exact) mass is 258 g/mol. The number of carbonyl (C=O) groups is 1. The van der Waals surface area contributed by atoms with Crippen LogP contribution in [0.4, 0.5) is 11.4 Å². The molecule has 0 aliphatic carbocycles. The normalized spacial score (nSPS) is 10.1. The van der Waals surface area contributed by atoms with Gasteiger partial charge in [-0.25, -0.2) is 0 Å². The lowest BCUT2D eigenvalue weighted by Crippen LogP contribution is -2.13. The van der Waals surface area contributed by atoms with Crippen LogP contribution in [0.1, 0.15) is 10.4 Å². The molecule has 4 heteroatoms. The van der Waals surface area contributed by atoms with E-state index in [0.717, 1.165) is 10.6 Å². The number of amides is 1. The average Bonchev–Trinajstić information content (AvgIpc) is 2.39. The second-order valence-electron chi connectivity index (χ2n) is 3.77. The maximum atomic E-state index is 12.0. The Morgan fingerprint density at radius 2 is 1.94 bits per heavy atom. The molecule has 18 heavy (non-hydrogen) atoms. The summed E-state index contributed by atoms with van der Waals surface area (Å²) in [6.45, 7) is 0. The summed E-state index contributed by atoms with van der Waals surface area (Å²) in [7, 11) is 0. The third-order valence-corrected chi connectivity index (χ3v) is 3.26. The molecule has 3 N–H and O–H groups in total. The molecular weight excluding hydrogens is 244 g/mol. The number of rotatable bonds is 3. The van der Waals surface area contributed by atoms with Gasteiger partial charge < -0.3 is 11.1 Å². The first-order chi connectivity index (χ1) is 8.70. The SMILES string of the molecule is CSc1cccc(NC(=O)c2ccccc2N)c1. The third-order valence-electron chi connectivity index (χ3n) is 2.53. The molecule has 0 saturated carbocycles. The number of para-hydroxylation sites is 1. The van der Waals surface area contributed by atoms with Crippen LogP contribution in [0.3, 0.4) is 0 Å². The van der Waals surface area contributed by atoms with Crippen LogP contribution in [0.25, 0.3) is 0 Å². The summed E-state index contributed by atoms with van der Waals surface area (Å²) in [5, 5.41) is 2.84. The summed E-state index contributed by atoms with van der Waals surface area (Å²) in [4.78, 5) is 13.1. The van der Waals surface area contributed by atoms with Crippen molar-refractivity contribution in [1.29, 1.82) is 0 Å². The van der Waals surface area contributed by atoms with Crippen LogP contribution in [0, 0.1) is 0 Å². The molecule has 3 nitrogen and oxygen atoms in total. The van der Waals surface area contributed by atoms with Crippen molar-refractivity contribution in [2.45, 2.75) is 4.90 Å². The van der Waals surface area contributed by atoms with Crippen molar-refractivity contribution in [3.05, 3.63) is 54.1 Å². The molecule has 0 aromatic heterocycles. The Bertz CT molecular complexity index is 569. The molecule has 2 aromatic carbocycles. The van der Waals surface area contributed by atoms with E-state index in [1.54, 1.807) is 36.0 Å². The Kier molecular flexibility index (Phi) is 3.89. The van der Waals surface area contributed by atoms with Crippen molar-refractivity contribution in [2.24, 2.45) is 0 Å². The summed E-state index contributed by atoms with van der Waals surface area (Å²) in [6.07, 6.45) is 2.00. The van der Waals surface area contributed by atoms with Crippen LogP contribution in [-0.4, -0.2) is 12.2 Å². The summed E-state index contributed by atoms with van der Waals surface area (Å²) in [6, 6.07) is 14.7. The van der Waals surface area contributed by atoms with E-state index in [9.17, 15) is 4.79 Å². The first-order valence-corrected chi connectivity index (χ1v) is 6.73. The molecule has 0 atom stereocenters. The van der Waals surface area contributed by atoms with Crippen LogP contribution in [0.5, 0.6) is 0 Å². The Balaban J connectivity index is 2.19. The number of thioether (sulfide) groups is 1. The smallest absolute Gasteiger partial charge is 0.257 e. The lowest BCUT2D eigenvalue weighted by molar-refractivity contribution is 0.102. The first kappa shape index (κ1) is 12.5. The van der Waals surface area contributed by atoms with Crippen LogP contribution < -0.4 is 11.1 Å². The van der Waals surface area contributed by atoms with Gasteiger partial charge in [0.1, 0.15) is 0 Å². The zero-order valence-corrected chi connectivity index (χ0v) is 10.8. The zero-order chi connectivity index (χ0) is 13.0. The number of hydrogen-bond acceptors (Lipinski definition) is 3. The van der Waals surface area contributed by atoms with Crippen molar-refractivity contribution in [3.8, 4) is 0 Å². The highest BCUT2D eigenvalue weighted by Gasteiger charge is 2.08. The minimum Gasteiger partial charge on any atom is -0.398 e. The molecule has 0 aliphatic rings. The van der Waals surface area contributed by atoms with E-state index in [1.807, 2.05) is 30.5 Å². The van der Waals surface area contributed by atoms with Gasteiger partial charge in [-0.05, 0) is 36.6 Å².